The van der Waals surface area contributed by atoms with Gasteiger partial charge in [0.25, 0.3) is 0 Å². The van der Waals surface area contributed by atoms with Crippen LogP contribution in [0.5, 0.6) is 0 Å². The van der Waals surface area contributed by atoms with Gasteiger partial charge in [-0.05, 0) is 60.2 Å². The molecular weight excluding hydrogens is 249 g/mol. The van der Waals surface area contributed by atoms with Gasteiger partial charge in [0.1, 0.15) is 5.82 Å². The highest BCUT2D eigenvalue weighted by Gasteiger charge is 2.24. The summed E-state index contributed by atoms with van der Waals surface area (Å²) in [5.74, 6) is -0.124. The van der Waals surface area contributed by atoms with Crippen molar-refractivity contribution < 1.29 is 4.39 Å². The zero-order valence-electron chi connectivity index (χ0n) is 12.0. The lowest BCUT2D eigenvalue weighted by Crippen LogP contribution is -2.18. The van der Waals surface area contributed by atoms with E-state index in [1.807, 2.05) is 13.0 Å². The third-order valence-corrected chi connectivity index (χ3v) is 4.28. The molecule has 2 aromatic carbocycles. The molecule has 0 aromatic heterocycles. The van der Waals surface area contributed by atoms with Gasteiger partial charge in [0.15, 0.2) is 0 Å². The van der Waals surface area contributed by atoms with Gasteiger partial charge in [-0.25, -0.2) is 4.39 Å². The summed E-state index contributed by atoms with van der Waals surface area (Å²) in [4.78, 5) is 0. The highest BCUT2D eigenvalue weighted by atomic mass is 19.1. The van der Waals surface area contributed by atoms with E-state index in [0.717, 1.165) is 30.5 Å². The molecule has 0 bridgehead atoms. The molecule has 1 aliphatic rings. The Morgan fingerprint density at radius 3 is 2.70 bits per heavy atom. The van der Waals surface area contributed by atoms with Gasteiger partial charge >= 0.3 is 0 Å². The highest BCUT2D eigenvalue weighted by molar-refractivity contribution is 5.72. The Morgan fingerprint density at radius 1 is 1.15 bits per heavy atom. The molecule has 3 rings (SSSR count). The van der Waals surface area contributed by atoms with Gasteiger partial charge in [0.2, 0.25) is 0 Å². The minimum Gasteiger partial charge on any atom is -0.310 e. The van der Waals surface area contributed by atoms with Crippen molar-refractivity contribution in [3.8, 4) is 11.1 Å². The third kappa shape index (κ3) is 2.14. The van der Waals surface area contributed by atoms with Crippen molar-refractivity contribution in [1.82, 2.24) is 5.32 Å². The number of halogens is 1. The minimum atomic E-state index is -0.124. The van der Waals surface area contributed by atoms with Crippen LogP contribution in [0.4, 0.5) is 4.39 Å². The van der Waals surface area contributed by atoms with Crippen LogP contribution in [0.25, 0.3) is 11.1 Å². The van der Waals surface area contributed by atoms with Crippen LogP contribution in [0, 0.1) is 12.7 Å². The van der Waals surface area contributed by atoms with E-state index in [9.17, 15) is 4.39 Å². The largest absolute Gasteiger partial charge is 0.310 e. The first-order valence-corrected chi connectivity index (χ1v) is 7.33. The maximum Gasteiger partial charge on any atom is 0.126 e. The predicted molar refractivity (Wildman–Crippen MR) is 81.3 cm³/mol. The average molecular weight is 269 g/mol. The van der Waals surface area contributed by atoms with Crippen molar-refractivity contribution in [2.75, 3.05) is 6.54 Å². The van der Waals surface area contributed by atoms with Gasteiger partial charge in [0, 0.05) is 6.04 Å². The fraction of sp³-hybridized carbons (Fsp3) is 0.333. The molecule has 104 valence electrons. The smallest absolute Gasteiger partial charge is 0.126 e. The van der Waals surface area contributed by atoms with E-state index in [1.54, 1.807) is 6.07 Å². The van der Waals surface area contributed by atoms with Gasteiger partial charge in [-0.2, -0.15) is 0 Å². The Kier molecular flexibility index (Phi) is 3.58. The molecule has 0 aliphatic heterocycles. The van der Waals surface area contributed by atoms with Crippen molar-refractivity contribution >= 4 is 0 Å². The summed E-state index contributed by atoms with van der Waals surface area (Å²) in [7, 11) is 0. The maximum atomic E-state index is 13.8. The first-order chi connectivity index (χ1) is 9.72. The van der Waals surface area contributed by atoms with Crippen LogP contribution in [-0.2, 0) is 6.42 Å². The molecule has 0 saturated carbocycles. The molecule has 0 amide bonds. The molecule has 0 heterocycles. The summed E-state index contributed by atoms with van der Waals surface area (Å²) in [6, 6.07) is 12.2. The van der Waals surface area contributed by atoms with Crippen molar-refractivity contribution in [2.24, 2.45) is 0 Å². The molecule has 0 fully saturated rings. The van der Waals surface area contributed by atoms with Crippen molar-refractivity contribution in [3.63, 3.8) is 0 Å². The summed E-state index contributed by atoms with van der Waals surface area (Å²) in [6.07, 6.45) is 2.20. The predicted octanol–water partition coefficient (Wildman–Crippen LogP) is 4.40. The second kappa shape index (κ2) is 5.37. The van der Waals surface area contributed by atoms with Crippen LogP contribution >= 0.6 is 0 Å². The average Bonchev–Trinajstić information content (AvgIpc) is 2.86. The van der Waals surface area contributed by atoms with E-state index in [4.69, 9.17) is 0 Å². The Morgan fingerprint density at radius 2 is 1.90 bits per heavy atom. The summed E-state index contributed by atoms with van der Waals surface area (Å²) < 4.78 is 13.8. The minimum absolute atomic E-state index is 0.124. The van der Waals surface area contributed by atoms with E-state index >= 15 is 0 Å². The first kappa shape index (κ1) is 13.3. The van der Waals surface area contributed by atoms with Crippen LogP contribution in [0.1, 0.15) is 36.1 Å². The maximum absolute atomic E-state index is 13.8. The second-order valence-electron chi connectivity index (χ2n) is 5.43. The van der Waals surface area contributed by atoms with Crippen LogP contribution in [0.2, 0.25) is 0 Å². The second-order valence-corrected chi connectivity index (χ2v) is 5.43. The molecule has 2 heteroatoms. The van der Waals surface area contributed by atoms with Crippen molar-refractivity contribution in [2.45, 2.75) is 32.7 Å². The van der Waals surface area contributed by atoms with Gasteiger partial charge < -0.3 is 5.32 Å². The van der Waals surface area contributed by atoms with Gasteiger partial charge in [-0.3, -0.25) is 0 Å². The molecule has 2 aromatic rings. The quantitative estimate of drug-likeness (QED) is 0.871. The van der Waals surface area contributed by atoms with E-state index in [2.05, 4.69) is 30.4 Å². The third-order valence-electron chi connectivity index (χ3n) is 4.28. The Balaban J connectivity index is 2.11. The molecule has 0 saturated heterocycles. The molecule has 1 N–H and O–H groups in total. The molecule has 0 spiro atoms. The fourth-order valence-corrected chi connectivity index (χ4v) is 3.26. The first-order valence-electron chi connectivity index (χ1n) is 7.33. The normalized spacial score (nSPS) is 17.2. The Labute approximate surface area is 119 Å². The van der Waals surface area contributed by atoms with E-state index in [1.165, 1.54) is 22.8 Å². The monoisotopic (exact) mass is 269 g/mol. The molecule has 1 nitrogen and oxygen atoms in total. The summed E-state index contributed by atoms with van der Waals surface area (Å²) >= 11 is 0. The number of fused-ring (bicyclic) bond motifs is 1. The lowest BCUT2D eigenvalue weighted by molar-refractivity contribution is 0.549. The van der Waals surface area contributed by atoms with Crippen LogP contribution < -0.4 is 5.32 Å². The number of benzene rings is 2. The highest BCUT2D eigenvalue weighted by Crippen LogP contribution is 2.38. The zero-order valence-corrected chi connectivity index (χ0v) is 12.0. The SMILES string of the molecule is CCNC1CCc2c(-c3cccc(F)c3C)cccc21. The topological polar surface area (TPSA) is 12.0 Å². The fourth-order valence-electron chi connectivity index (χ4n) is 3.26. The number of hydrogen-bond acceptors (Lipinski definition) is 1. The Bertz CT molecular complexity index is 633. The van der Waals surface area contributed by atoms with Crippen LogP contribution in [0.15, 0.2) is 36.4 Å². The molecule has 1 atom stereocenters. The lowest BCUT2D eigenvalue weighted by atomic mass is 9.93. The summed E-state index contributed by atoms with van der Waals surface area (Å²) in [5, 5.41) is 3.53. The van der Waals surface area contributed by atoms with Gasteiger partial charge in [0.05, 0.1) is 0 Å². The number of nitrogens with one attached hydrogen (secondary N) is 1. The molecule has 0 radical (unpaired) electrons. The molecule has 20 heavy (non-hydrogen) atoms. The van der Waals surface area contributed by atoms with Crippen molar-refractivity contribution in [3.05, 3.63) is 58.9 Å². The van der Waals surface area contributed by atoms with E-state index in [0.29, 0.717) is 6.04 Å². The number of hydrogen-bond donors (Lipinski definition) is 1. The molecule has 1 unspecified atom stereocenters. The summed E-state index contributed by atoms with van der Waals surface area (Å²) in [5.41, 5.74) is 5.73. The summed E-state index contributed by atoms with van der Waals surface area (Å²) in [6.45, 7) is 4.98. The molecular formula is C18H20FN. The van der Waals surface area contributed by atoms with Gasteiger partial charge in [-0.1, -0.05) is 37.3 Å². The van der Waals surface area contributed by atoms with E-state index in [-0.39, 0.29) is 5.82 Å². The molecule has 1 aliphatic carbocycles. The standard InChI is InChI=1S/C18H20FN/c1-3-20-18-11-10-15-14(7-4-8-16(15)18)13-6-5-9-17(19)12(13)2/h4-9,18,20H,3,10-11H2,1-2H3. The lowest BCUT2D eigenvalue weighted by Gasteiger charge is -2.15. The van der Waals surface area contributed by atoms with Gasteiger partial charge in [-0.15, -0.1) is 0 Å². The van der Waals surface area contributed by atoms with Crippen molar-refractivity contribution in [1.29, 1.82) is 0 Å². The number of rotatable bonds is 3. The van der Waals surface area contributed by atoms with E-state index < -0.39 is 0 Å². The Hall–Kier alpha value is -1.67. The zero-order chi connectivity index (χ0) is 14.1. The van der Waals surface area contributed by atoms with Crippen LogP contribution in [0.3, 0.4) is 0 Å². The van der Waals surface area contributed by atoms with Crippen LogP contribution in [-0.4, -0.2) is 6.54 Å².